The highest BCUT2D eigenvalue weighted by atomic mass is 32.2. The lowest BCUT2D eigenvalue weighted by Gasteiger charge is -2.36. The number of carbonyl (C=O) groups is 1. The summed E-state index contributed by atoms with van der Waals surface area (Å²) < 4.78 is 35.7. The molecule has 0 saturated carbocycles. The largest absolute Gasteiger partial charge is 0.443 e. The second-order valence-electron chi connectivity index (χ2n) is 7.93. The maximum absolute atomic E-state index is 15.2. The predicted molar refractivity (Wildman–Crippen MR) is 119 cm³/mol. The van der Waals surface area contributed by atoms with Crippen LogP contribution in [0.15, 0.2) is 40.6 Å². The molecule has 0 aliphatic carbocycles. The Morgan fingerprint density at radius 3 is 2.71 bits per heavy atom. The summed E-state index contributed by atoms with van der Waals surface area (Å²) >= 11 is 1.38. The summed E-state index contributed by atoms with van der Waals surface area (Å²) in [6, 6.07) is 6.47. The summed E-state index contributed by atoms with van der Waals surface area (Å²) in [4.78, 5) is 26.3. The first kappa shape index (κ1) is 22.9. The number of anilines is 2. The van der Waals surface area contributed by atoms with E-state index in [-0.39, 0.29) is 17.8 Å². The minimum atomic E-state index is -3.36. The van der Waals surface area contributed by atoms with Crippen molar-refractivity contribution in [1.82, 2.24) is 9.97 Å². The van der Waals surface area contributed by atoms with Gasteiger partial charge in [0, 0.05) is 24.4 Å². The van der Waals surface area contributed by atoms with Crippen molar-refractivity contribution in [2.75, 3.05) is 30.1 Å². The fourth-order valence-corrected chi connectivity index (χ4v) is 3.47. The van der Waals surface area contributed by atoms with Crippen molar-refractivity contribution in [2.24, 2.45) is 4.99 Å². The van der Waals surface area contributed by atoms with Gasteiger partial charge in [0.1, 0.15) is 17.1 Å². The number of hydrogen-bond acceptors (Lipinski definition) is 7. The Bertz CT molecular complexity index is 1010. The molecule has 3 rings (SSSR count). The molecule has 1 amide bonds. The van der Waals surface area contributed by atoms with E-state index < -0.39 is 24.2 Å². The first-order valence-corrected chi connectivity index (χ1v) is 10.9. The minimum absolute atomic E-state index is 0.0312. The molecule has 0 unspecified atom stereocenters. The third kappa shape index (κ3) is 5.12. The molecule has 1 N–H and O–H groups in total. The molecule has 0 spiro atoms. The third-order valence-corrected chi connectivity index (χ3v) is 5.00. The van der Waals surface area contributed by atoms with Crippen LogP contribution in [0.4, 0.5) is 25.1 Å². The molecule has 1 aliphatic heterocycles. The molecule has 1 aromatic heterocycles. The van der Waals surface area contributed by atoms with Crippen LogP contribution < -0.4 is 10.2 Å². The minimum Gasteiger partial charge on any atom is -0.443 e. The summed E-state index contributed by atoms with van der Waals surface area (Å²) in [6.07, 6.45) is 2.61. The van der Waals surface area contributed by atoms with Gasteiger partial charge in [-0.15, -0.1) is 0 Å². The smallest absolute Gasteiger partial charge is 0.415 e. The zero-order chi connectivity index (χ0) is 22.8. The Hall–Kier alpha value is -2.75. The lowest BCUT2D eigenvalue weighted by atomic mass is 9.96. The molecule has 0 bridgehead atoms. The summed E-state index contributed by atoms with van der Waals surface area (Å²) in [6.45, 7) is 4.19. The second-order valence-corrected chi connectivity index (χ2v) is 8.71. The molecule has 7 nitrogen and oxygen atoms in total. The number of nitrogens with one attached hydrogen (secondary N) is 1. The van der Waals surface area contributed by atoms with Crippen LogP contribution in [0.1, 0.15) is 31.9 Å². The maximum atomic E-state index is 15.2. The summed E-state index contributed by atoms with van der Waals surface area (Å²) in [5, 5.41) is 3.52. The number of amides is 1. The molecule has 0 saturated heterocycles. The van der Waals surface area contributed by atoms with Crippen molar-refractivity contribution in [3.63, 3.8) is 0 Å². The van der Waals surface area contributed by atoms with Crippen LogP contribution in [0.2, 0.25) is 0 Å². The number of nitrogens with zero attached hydrogens (tertiary/aromatic N) is 4. The normalized spacial score (nSPS) is 16.7. The Balaban J connectivity index is 1.99. The van der Waals surface area contributed by atoms with Gasteiger partial charge in [0.05, 0.1) is 18.8 Å². The number of rotatable bonds is 4. The number of halogens is 2. The first-order valence-electron chi connectivity index (χ1n) is 9.66. The molecule has 2 heterocycles. The fraction of sp³-hybridized carbons (Fsp3) is 0.429. The van der Waals surface area contributed by atoms with E-state index in [9.17, 15) is 4.79 Å². The highest BCUT2D eigenvalue weighted by Gasteiger charge is 2.47. The van der Waals surface area contributed by atoms with Gasteiger partial charge in [-0.1, -0.05) is 30.0 Å². The molecular formula is C21H25F2N5O2S. The molecule has 166 valence electrons. The van der Waals surface area contributed by atoms with Gasteiger partial charge in [-0.2, -0.15) is 8.78 Å². The van der Waals surface area contributed by atoms with Crippen molar-refractivity contribution in [2.45, 2.75) is 44.0 Å². The molecule has 1 aromatic carbocycles. The quantitative estimate of drug-likeness (QED) is 0.542. The van der Waals surface area contributed by atoms with Gasteiger partial charge in [0.25, 0.3) is 0 Å². The van der Waals surface area contributed by atoms with Crippen molar-refractivity contribution >= 4 is 35.1 Å². The van der Waals surface area contributed by atoms with Gasteiger partial charge in [-0.25, -0.2) is 14.8 Å². The van der Waals surface area contributed by atoms with E-state index in [4.69, 9.17) is 4.74 Å². The zero-order valence-corrected chi connectivity index (χ0v) is 18.9. The number of alkyl halides is 2. The monoisotopic (exact) mass is 449 g/mol. The van der Waals surface area contributed by atoms with Crippen molar-refractivity contribution < 1.29 is 18.3 Å². The van der Waals surface area contributed by atoms with E-state index in [1.807, 2.05) is 6.26 Å². The topological polar surface area (TPSA) is 79.7 Å². The Morgan fingerprint density at radius 2 is 2.06 bits per heavy atom. The van der Waals surface area contributed by atoms with Gasteiger partial charge in [0.2, 0.25) is 0 Å². The number of hydrogen-bond donors (Lipinski definition) is 1. The summed E-state index contributed by atoms with van der Waals surface area (Å²) in [5.41, 5.74) is -0.0570. The van der Waals surface area contributed by atoms with E-state index >= 15 is 8.78 Å². The molecule has 0 fully saturated rings. The SMILES string of the molecule is CNc1nc(SC)ncc1CN=C1c2ccccc2N(C(=O)OC(C)(C)C)CC1(F)F. The number of fused-ring (bicyclic) bond motifs is 1. The average molecular weight is 450 g/mol. The predicted octanol–water partition coefficient (Wildman–Crippen LogP) is 4.62. The van der Waals surface area contributed by atoms with Gasteiger partial charge < -0.3 is 10.1 Å². The molecular weight excluding hydrogens is 424 g/mol. The van der Waals surface area contributed by atoms with Gasteiger partial charge >= 0.3 is 12.0 Å². The molecule has 1 aliphatic rings. The van der Waals surface area contributed by atoms with Gasteiger partial charge in [0.15, 0.2) is 5.16 Å². The van der Waals surface area contributed by atoms with Crippen LogP contribution in [0, 0.1) is 0 Å². The number of aromatic nitrogens is 2. The number of carbonyl (C=O) groups excluding carboxylic acids is 1. The number of ether oxygens (including phenoxy) is 1. The van der Waals surface area contributed by atoms with E-state index in [0.29, 0.717) is 22.2 Å². The number of thioether (sulfide) groups is 1. The lowest BCUT2D eigenvalue weighted by molar-refractivity contribution is 0.0461. The van der Waals surface area contributed by atoms with Crippen LogP contribution in [0.25, 0.3) is 0 Å². The second kappa shape index (κ2) is 8.78. The van der Waals surface area contributed by atoms with E-state index in [0.717, 1.165) is 4.90 Å². The van der Waals surface area contributed by atoms with Crippen LogP contribution in [0.3, 0.4) is 0 Å². The molecule has 0 radical (unpaired) electrons. The molecule has 2 aromatic rings. The average Bonchev–Trinajstić information content (AvgIpc) is 2.71. The number of benzene rings is 1. The summed E-state index contributed by atoms with van der Waals surface area (Å²) in [7, 11) is 1.70. The maximum Gasteiger partial charge on any atom is 0.415 e. The van der Waals surface area contributed by atoms with Crippen LogP contribution in [0.5, 0.6) is 0 Å². The summed E-state index contributed by atoms with van der Waals surface area (Å²) in [5.74, 6) is -2.82. The highest BCUT2D eigenvalue weighted by Crippen LogP contribution is 2.36. The number of aliphatic imine (C=N–C) groups is 1. The first-order chi connectivity index (χ1) is 14.6. The lowest BCUT2D eigenvalue weighted by Crippen LogP contribution is -2.51. The highest BCUT2D eigenvalue weighted by molar-refractivity contribution is 7.98. The van der Waals surface area contributed by atoms with E-state index in [2.05, 4.69) is 20.3 Å². The molecule has 31 heavy (non-hydrogen) atoms. The van der Waals surface area contributed by atoms with Gasteiger partial charge in [-0.3, -0.25) is 9.89 Å². The Morgan fingerprint density at radius 1 is 1.35 bits per heavy atom. The van der Waals surface area contributed by atoms with Gasteiger partial charge in [-0.05, 0) is 33.1 Å². The Kier molecular flexibility index (Phi) is 6.49. The van der Waals surface area contributed by atoms with Crippen molar-refractivity contribution in [3.05, 3.63) is 41.6 Å². The zero-order valence-electron chi connectivity index (χ0n) is 18.1. The standard InChI is InChI=1S/C21H25F2N5O2S/c1-20(2,3)30-19(29)28-12-21(22,23)16(14-8-6-7-9-15(14)28)25-10-13-11-26-18(31-5)27-17(13)24-4/h6-9,11H,10,12H2,1-5H3,(H,24,26,27). The van der Waals surface area contributed by atoms with Crippen LogP contribution >= 0.6 is 11.8 Å². The fourth-order valence-electron chi connectivity index (χ4n) is 3.13. The van der Waals surface area contributed by atoms with Crippen molar-refractivity contribution in [1.29, 1.82) is 0 Å². The molecule has 10 heteroatoms. The van der Waals surface area contributed by atoms with Crippen molar-refractivity contribution in [3.8, 4) is 0 Å². The molecule has 0 atom stereocenters. The third-order valence-electron chi connectivity index (χ3n) is 4.44. The van der Waals surface area contributed by atoms with E-state index in [1.54, 1.807) is 52.2 Å². The van der Waals surface area contributed by atoms with E-state index in [1.165, 1.54) is 17.8 Å². The van der Waals surface area contributed by atoms with Crippen LogP contribution in [-0.4, -0.2) is 53.1 Å². The number of para-hydroxylation sites is 1. The Labute approximate surface area is 184 Å². The van der Waals surface area contributed by atoms with Crippen LogP contribution in [-0.2, 0) is 11.3 Å².